The Bertz CT molecular complexity index is 808. The van der Waals surface area contributed by atoms with Crippen LogP contribution in [0.25, 0.3) is 0 Å². The summed E-state index contributed by atoms with van der Waals surface area (Å²) < 4.78 is 4.57. The van der Waals surface area contributed by atoms with Gasteiger partial charge in [0.2, 0.25) is 5.91 Å². The van der Waals surface area contributed by atoms with Gasteiger partial charge in [-0.15, -0.1) is 0 Å². The lowest BCUT2D eigenvalue weighted by Gasteiger charge is -2.12. The lowest BCUT2D eigenvalue weighted by molar-refractivity contribution is -0.139. The number of aromatic nitrogens is 2. The Kier molecular flexibility index (Phi) is 7.40. The zero-order chi connectivity index (χ0) is 18.9. The van der Waals surface area contributed by atoms with Crippen molar-refractivity contribution in [3.8, 4) is 0 Å². The van der Waals surface area contributed by atoms with Crippen LogP contribution in [0.4, 0.5) is 0 Å². The highest BCUT2D eigenvalue weighted by Crippen LogP contribution is 2.18. The van der Waals surface area contributed by atoms with Gasteiger partial charge in [-0.1, -0.05) is 42.1 Å². The Labute approximate surface area is 155 Å². The van der Waals surface area contributed by atoms with E-state index in [9.17, 15) is 14.4 Å². The summed E-state index contributed by atoms with van der Waals surface area (Å²) in [7, 11) is 1.27. The molecule has 8 heteroatoms. The molecule has 2 N–H and O–H groups in total. The summed E-state index contributed by atoms with van der Waals surface area (Å²) in [6.07, 6.45) is 0.652. The molecule has 1 heterocycles. The molecule has 0 saturated heterocycles. The number of methoxy groups -OCH3 is 1. The average Bonchev–Trinajstić information content (AvgIpc) is 2.61. The molecule has 0 saturated carbocycles. The molecule has 1 amide bonds. The summed E-state index contributed by atoms with van der Waals surface area (Å²) in [6, 6.07) is 11.1. The molecule has 0 aliphatic carbocycles. The highest BCUT2D eigenvalue weighted by atomic mass is 32.2. The van der Waals surface area contributed by atoms with Crippen molar-refractivity contribution in [2.45, 2.75) is 30.2 Å². The van der Waals surface area contributed by atoms with Gasteiger partial charge in [0.05, 0.1) is 24.5 Å². The first-order chi connectivity index (χ1) is 12.5. The molecule has 7 nitrogen and oxygen atoms in total. The van der Waals surface area contributed by atoms with E-state index in [1.165, 1.54) is 13.2 Å². The fourth-order valence-electron chi connectivity index (χ4n) is 2.19. The number of amides is 1. The number of thioether (sulfide) groups is 1. The molecule has 2 aromatic rings. The maximum atomic E-state index is 12.2. The van der Waals surface area contributed by atoms with Crippen LogP contribution in [0.15, 0.2) is 46.3 Å². The highest BCUT2D eigenvalue weighted by Gasteiger charge is 2.16. The molecule has 0 fully saturated rings. The zero-order valence-electron chi connectivity index (χ0n) is 14.7. The number of nitrogens with zero attached hydrogens (tertiary/aromatic N) is 1. The molecule has 0 aliphatic heterocycles. The van der Waals surface area contributed by atoms with Crippen molar-refractivity contribution in [2.75, 3.05) is 13.7 Å². The van der Waals surface area contributed by atoms with E-state index in [4.69, 9.17) is 0 Å². The molecule has 138 valence electrons. The predicted molar refractivity (Wildman–Crippen MR) is 99.1 cm³/mol. The van der Waals surface area contributed by atoms with Gasteiger partial charge < -0.3 is 15.0 Å². The second-order valence-corrected chi connectivity index (χ2v) is 6.91. The van der Waals surface area contributed by atoms with Crippen molar-refractivity contribution in [2.24, 2.45) is 0 Å². The molecule has 1 aromatic heterocycles. The summed E-state index contributed by atoms with van der Waals surface area (Å²) in [4.78, 5) is 42.0. The van der Waals surface area contributed by atoms with E-state index < -0.39 is 11.2 Å². The average molecular weight is 375 g/mol. The van der Waals surface area contributed by atoms with Crippen LogP contribution in [-0.4, -0.2) is 40.7 Å². The molecule has 1 atom stereocenters. The van der Waals surface area contributed by atoms with Gasteiger partial charge in [0.1, 0.15) is 0 Å². The molecule has 0 unspecified atom stereocenters. The second-order valence-electron chi connectivity index (χ2n) is 5.58. The Morgan fingerprint density at radius 1 is 1.31 bits per heavy atom. The summed E-state index contributed by atoms with van der Waals surface area (Å²) >= 11 is 1.13. The Hall–Kier alpha value is -2.61. The lowest BCUT2D eigenvalue weighted by atomic mass is 10.1. The third-order valence-corrected chi connectivity index (χ3v) is 4.52. The number of nitrogens with one attached hydrogen (secondary N) is 2. The minimum atomic E-state index is -0.481. The molecule has 26 heavy (non-hydrogen) atoms. The van der Waals surface area contributed by atoms with E-state index in [2.05, 4.69) is 20.0 Å². The maximum Gasteiger partial charge on any atom is 0.311 e. The van der Waals surface area contributed by atoms with E-state index in [1.54, 1.807) is 6.92 Å². The number of carbonyl (C=O) groups excluding carboxylic acids is 2. The van der Waals surface area contributed by atoms with Crippen LogP contribution >= 0.6 is 11.8 Å². The van der Waals surface area contributed by atoms with E-state index in [-0.39, 0.29) is 17.9 Å². The minimum Gasteiger partial charge on any atom is -0.469 e. The first kappa shape index (κ1) is 19.7. The molecule has 2 rings (SSSR count). The number of H-pyrrole nitrogens is 1. The molecular formula is C18H21N3O4S. The summed E-state index contributed by atoms with van der Waals surface area (Å²) in [6.45, 7) is 2.26. The zero-order valence-corrected chi connectivity index (χ0v) is 15.5. The standard InChI is InChI=1S/C18H21N3O4S/c1-12(17(24)19-9-8-13-6-4-3-5-7-13)26-18-20-14(10-15(22)21-18)11-16(23)25-2/h3-7,10,12H,8-9,11H2,1-2H3,(H,19,24)(H,20,21,22)/t12-/m1/s1. The third kappa shape index (κ3) is 6.36. The van der Waals surface area contributed by atoms with E-state index >= 15 is 0 Å². The van der Waals surface area contributed by atoms with Crippen molar-refractivity contribution in [1.29, 1.82) is 0 Å². The molecule has 0 bridgehead atoms. The van der Waals surface area contributed by atoms with E-state index in [0.29, 0.717) is 17.4 Å². The van der Waals surface area contributed by atoms with Crippen LogP contribution in [0, 0.1) is 0 Å². The molecule has 1 aromatic carbocycles. The van der Waals surface area contributed by atoms with Gasteiger partial charge in [-0.25, -0.2) is 4.98 Å². The van der Waals surface area contributed by atoms with Crippen molar-refractivity contribution < 1.29 is 14.3 Å². The second kappa shape index (κ2) is 9.76. The van der Waals surface area contributed by atoms with Gasteiger partial charge in [0.25, 0.3) is 5.56 Å². The Morgan fingerprint density at radius 3 is 2.73 bits per heavy atom. The van der Waals surface area contributed by atoms with Crippen LogP contribution in [0.2, 0.25) is 0 Å². The third-order valence-electron chi connectivity index (χ3n) is 3.54. The number of carbonyl (C=O) groups is 2. The number of esters is 1. The van der Waals surface area contributed by atoms with E-state index in [1.807, 2.05) is 30.3 Å². The van der Waals surface area contributed by atoms with Crippen LogP contribution in [-0.2, 0) is 27.2 Å². The van der Waals surface area contributed by atoms with Gasteiger partial charge in [0.15, 0.2) is 5.16 Å². The van der Waals surface area contributed by atoms with Crippen LogP contribution in [0.5, 0.6) is 0 Å². The normalized spacial score (nSPS) is 11.6. The molecular weight excluding hydrogens is 354 g/mol. The summed E-state index contributed by atoms with van der Waals surface area (Å²) in [5.41, 5.74) is 1.08. The molecule has 0 spiro atoms. The van der Waals surface area contributed by atoms with Gasteiger partial charge in [0, 0.05) is 12.6 Å². The van der Waals surface area contributed by atoms with Crippen LogP contribution < -0.4 is 10.9 Å². The largest absolute Gasteiger partial charge is 0.469 e. The monoisotopic (exact) mass is 375 g/mol. The van der Waals surface area contributed by atoms with Gasteiger partial charge in [-0.3, -0.25) is 14.4 Å². The first-order valence-corrected chi connectivity index (χ1v) is 9.01. The van der Waals surface area contributed by atoms with Crippen molar-refractivity contribution >= 4 is 23.6 Å². The topological polar surface area (TPSA) is 101 Å². The maximum absolute atomic E-state index is 12.2. The van der Waals surface area contributed by atoms with Crippen molar-refractivity contribution in [3.05, 3.63) is 58.0 Å². The number of hydrogen-bond acceptors (Lipinski definition) is 6. The Morgan fingerprint density at radius 2 is 2.04 bits per heavy atom. The number of benzene rings is 1. The number of rotatable bonds is 8. The smallest absolute Gasteiger partial charge is 0.311 e. The quantitative estimate of drug-likeness (QED) is 0.410. The van der Waals surface area contributed by atoms with Gasteiger partial charge >= 0.3 is 5.97 Å². The fraction of sp³-hybridized carbons (Fsp3) is 0.333. The predicted octanol–water partition coefficient (Wildman–Crippen LogP) is 1.32. The first-order valence-electron chi connectivity index (χ1n) is 8.13. The van der Waals surface area contributed by atoms with Crippen LogP contribution in [0.3, 0.4) is 0 Å². The van der Waals surface area contributed by atoms with Gasteiger partial charge in [-0.05, 0) is 18.9 Å². The fourth-order valence-corrected chi connectivity index (χ4v) is 3.04. The Balaban J connectivity index is 1.89. The van der Waals surface area contributed by atoms with E-state index in [0.717, 1.165) is 23.7 Å². The van der Waals surface area contributed by atoms with Crippen molar-refractivity contribution in [1.82, 2.24) is 15.3 Å². The summed E-state index contributed by atoms with van der Waals surface area (Å²) in [5, 5.41) is 2.72. The minimum absolute atomic E-state index is 0.0916. The number of hydrogen-bond donors (Lipinski definition) is 2. The summed E-state index contributed by atoms with van der Waals surface area (Å²) in [5.74, 6) is -0.627. The molecule has 0 radical (unpaired) electrons. The number of aromatic amines is 1. The lowest BCUT2D eigenvalue weighted by Crippen LogP contribution is -2.32. The number of ether oxygens (including phenoxy) is 1. The highest BCUT2D eigenvalue weighted by molar-refractivity contribution is 8.00. The van der Waals surface area contributed by atoms with Gasteiger partial charge in [-0.2, -0.15) is 0 Å². The van der Waals surface area contributed by atoms with Crippen molar-refractivity contribution in [3.63, 3.8) is 0 Å². The molecule has 0 aliphatic rings. The van der Waals surface area contributed by atoms with Crippen LogP contribution in [0.1, 0.15) is 18.2 Å². The SMILES string of the molecule is COC(=O)Cc1cc(=O)[nH]c(S[C@H](C)C(=O)NCCc2ccccc2)n1.